The van der Waals surface area contributed by atoms with Crippen LogP contribution in [-0.2, 0) is 4.74 Å². The lowest BCUT2D eigenvalue weighted by Crippen LogP contribution is -2.19. The molecular formula is C17H23NO2. The van der Waals surface area contributed by atoms with Crippen LogP contribution in [0.3, 0.4) is 0 Å². The smallest absolute Gasteiger partial charge is 0.132 e. The first-order valence-corrected chi connectivity index (χ1v) is 7.14. The van der Waals surface area contributed by atoms with Crippen LogP contribution in [0.1, 0.15) is 25.5 Å². The van der Waals surface area contributed by atoms with Gasteiger partial charge in [-0.25, -0.2) is 0 Å². The highest BCUT2D eigenvalue weighted by Crippen LogP contribution is 2.33. The highest BCUT2D eigenvalue weighted by molar-refractivity contribution is 5.89. The molecule has 0 heterocycles. The van der Waals surface area contributed by atoms with Crippen molar-refractivity contribution in [2.45, 2.75) is 19.9 Å². The first-order valence-electron chi connectivity index (χ1n) is 7.14. The minimum Gasteiger partial charge on any atom is -0.490 e. The van der Waals surface area contributed by atoms with Crippen molar-refractivity contribution >= 4 is 10.8 Å². The second-order valence-corrected chi connectivity index (χ2v) is 4.83. The molecule has 0 aliphatic rings. The van der Waals surface area contributed by atoms with E-state index >= 15 is 0 Å². The average molecular weight is 273 g/mol. The molecule has 3 heteroatoms. The van der Waals surface area contributed by atoms with Crippen LogP contribution in [0, 0.1) is 0 Å². The molecule has 1 N–H and O–H groups in total. The van der Waals surface area contributed by atoms with Crippen LogP contribution in [-0.4, -0.2) is 26.9 Å². The number of nitrogens with one attached hydrogen (secondary N) is 1. The van der Waals surface area contributed by atoms with Gasteiger partial charge in [0, 0.05) is 24.1 Å². The van der Waals surface area contributed by atoms with Crippen molar-refractivity contribution in [3.63, 3.8) is 0 Å². The number of hydrogen-bond donors (Lipinski definition) is 1. The molecule has 0 aliphatic heterocycles. The van der Waals surface area contributed by atoms with Crippen molar-refractivity contribution in [2.24, 2.45) is 0 Å². The molecule has 1 atom stereocenters. The summed E-state index contributed by atoms with van der Waals surface area (Å²) in [7, 11) is 1.69. The fourth-order valence-corrected chi connectivity index (χ4v) is 2.41. The van der Waals surface area contributed by atoms with E-state index in [0.717, 1.165) is 17.7 Å². The van der Waals surface area contributed by atoms with E-state index in [1.54, 1.807) is 7.11 Å². The minimum atomic E-state index is 0.266. The Kier molecular flexibility index (Phi) is 5.39. The fraction of sp³-hybridized carbons (Fsp3) is 0.412. The summed E-state index contributed by atoms with van der Waals surface area (Å²) >= 11 is 0. The van der Waals surface area contributed by atoms with Crippen LogP contribution in [0.4, 0.5) is 0 Å². The van der Waals surface area contributed by atoms with Gasteiger partial charge in [0.25, 0.3) is 0 Å². The maximum Gasteiger partial charge on any atom is 0.132 e. The summed E-state index contributed by atoms with van der Waals surface area (Å²) < 4.78 is 11.1. The van der Waals surface area contributed by atoms with Gasteiger partial charge in [0.15, 0.2) is 0 Å². The van der Waals surface area contributed by atoms with Gasteiger partial charge in [-0.15, -0.1) is 0 Å². The number of hydrogen-bond acceptors (Lipinski definition) is 3. The van der Waals surface area contributed by atoms with E-state index in [1.165, 1.54) is 10.9 Å². The standard InChI is InChI=1S/C17H23NO2/c1-4-18-13(2)15-10-9-14-7-5-6-8-16(14)17(15)20-12-11-19-3/h5-10,13,18H,4,11-12H2,1-3H3. The van der Waals surface area contributed by atoms with Gasteiger partial charge in [-0.2, -0.15) is 0 Å². The van der Waals surface area contributed by atoms with Crippen LogP contribution in [0.2, 0.25) is 0 Å². The average Bonchev–Trinajstić information content (AvgIpc) is 2.47. The Bertz CT molecular complexity index is 554. The molecule has 20 heavy (non-hydrogen) atoms. The number of benzene rings is 2. The second-order valence-electron chi connectivity index (χ2n) is 4.83. The molecule has 0 aromatic heterocycles. The molecule has 0 radical (unpaired) electrons. The van der Waals surface area contributed by atoms with Crippen molar-refractivity contribution in [1.29, 1.82) is 0 Å². The predicted octanol–water partition coefficient (Wildman–Crippen LogP) is 3.54. The zero-order valence-corrected chi connectivity index (χ0v) is 12.5. The van der Waals surface area contributed by atoms with Gasteiger partial charge in [-0.05, 0) is 18.9 Å². The minimum absolute atomic E-state index is 0.266. The Morgan fingerprint density at radius 3 is 2.65 bits per heavy atom. The number of methoxy groups -OCH3 is 1. The molecule has 0 saturated carbocycles. The lowest BCUT2D eigenvalue weighted by Gasteiger charge is -2.19. The SMILES string of the molecule is CCNC(C)c1ccc2ccccc2c1OCCOC. The molecule has 0 fully saturated rings. The number of rotatable bonds is 7. The lowest BCUT2D eigenvalue weighted by molar-refractivity contribution is 0.146. The van der Waals surface area contributed by atoms with Crippen LogP contribution in [0.15, 0.2) is 36.4 Å². The number of fused-ring (bicyclic) bond motifs is 1. The molecule has 3 nitrogen and oxygen atoms in total. The summed E-state index contributed by atoms with van der Waals surface area (Å²) in [4.78, 5) is 0. The van der Waals surface area contributed by atoms with E-state index in [2.05, 4.69) is 49.5 Å². The van der Waals surface area contributed by atoms with Gasteiger partial charge in [0.1, 0.15) is 12.4 Å². The quantitative estimate of drug-likeness (QED) is 0.783. The molecule has 0 aliphatic carbocycles. The highest BCUT2D eigenvalue weighted by atomic mass is 16.5. The maximum atomic E-state index is 5.99. The second kappa shape index (κ2) is 7.27. The molecule has 0 spiro atoms. The van der Waals surface area contributed by atoms with Gasteiger partial charge in [0.2, 0.25) is 0 Å². The van der Waals surface area contributed by atoms with E-state index in [4.69, 9.17) is 9.47 Å². The Morgan fingerprint density at radius 1 is 1.10 bits per heavy atom. The predicted molar refractivity (Wildman–Crippen MR) is 83.4 cm³/mol. The maximum absolute atomic E-state index is 5.99. The summed E-state index contributed by atoms with van der Waals surface area (Å²) in [5.74, 6) is 0.966. The third kappa shape index (κ3) is 3.30. The van der Waals surface area contributed by atoms with Gasteiger partial charge in [-0.3, -0.25) is 0 Å². The van der Waals surface area contributed by atoms with E-state index in [1.807, 2.05) is 6.07 Å². The van der Waals surface area contributed by atoms with E-state index in [9.17, 15) is 0 Å². The lowest BCUT2D eigenvalue weighted by atomic mass is 10.0. The molecule has 108 valence electrons. The van der Waals surface area contributed by atoms with Gasteiger partial charge < -0.3 is 14.8 Å². The molecule has 0 bridgehead atoms. The van der Waals surface area contributed by atoms with Crippen molar-refractivity contribution in [1.82, 2.24) is 5.32 Å². The highest BCUT2D eigenvalue weighted by Gasteiger charge is 2.14. The first-order chi connectivity index (χ1) is 9.77. The zero-order chi connectivity index (χ0) is 14.4. The van der Waals surface area contributed by atoms with Crippen molar-refractivity contribution < 1.29 is 9.47 Å². The summed E-state index contributed by atoms with van der Waals surface area (Å²) in [5, 5.41) is 5.81. The van der Waals surface area contributed by atoms with Crippen molar-refractivity contribution in [2.75, 3.05) is 26.9 Å². The van der Waals surface area contributed by atoms with E-state index < -0.39 is 0 Å². The van der Waals surface area contributed by atoms with Crippen molar-refractivity contribution in [3.05, 3.63) is 42.0 Å². The summed E-state index contributed by atoms with van der Waals surface area (Å²) in [6.45, 7) is 6.37. The third-order valence-electron chi connectivity index (χ3n) is 3.42. The van der Waals surface area contributed by atoms with Crippen molar-refractivity contribution in [3.8, 4) is 5.75 Å². The van der Waals surface area contributed by atoms with E-state index in [-0.39, 0.29) is 6.04 Å². The summed E-state index contributed by atoms with van der Waals surface area (Å²) in [6, 6.07) is 12.9. The van der Waals surface area contributed by atoms with Gasteiger partial charge >= 0.3 is 0 Å². The largest absolute Gasteiger partial charge is 0.490 e. The van der Waals surface area contributed by atoms with Crippen LogP contribution < -0.4 is 10.1 Å². The first kappa shape index (κ1) is 14.8. The normalized spacial score (nSPS) is 12.6. The molecule has 0 amide bonds. The van der Waals surface area contributed by atoms with Crippen LogP contribution in [0.5, 0.6) is 5.75 Å². The molecule has 2 aromatic rings. The molecular weight excluding hydrogens is 250 g/mol. The van der Waals surface area contributed by atoms with Crippen LogP contribution in [0.25, 0.3) is 10.8 Å². The fourth-order valence-electron chi connectivity index (χ4n) is 2.41. The molecule has 1 unspecified atom stereocenters. The monoisotopic (exact) mass is 273 g/mol. The summed E-state index contributed by atoms with van der Waals surface area (Å²) in [5.41, 5.74) is 1.20. The Balaban J connectivity index is 2.41. The Labute approximate surface area is 120 Å². The van der Waals surface area contributed by atoms with E-state index in [0.29, 0.717) is 13.2 Å². The number of ether oxygens (including phenoxy) is 2. The van der Waals surface area contributed by atoms with Crippen LogP contribution >= 0.6 is 0 Å². The van der Waals surface area contributed by atoms with Gasteiger partial charge in [-0.1, -0.05) is 43.3 Å². The summed E-state index contributed by atoms with van der Waals surface area (Å²) in [6.07, 6.45) is 0. The van der Waals surface area contributed by atoms with Gasteiger partial charge in [0.05, 0.1) is 6.61 Å². The third-order valence-corrected chi connectivity index (χ3v) is 3.42. The Hall–Kier alpha value is -1.58. The molecule has 2 aromatic carbocycles. The topological polar surface area (TPSA) is 30.5 Å². The zero-order valence-electron chi connectivity index (χ0n) is 12.5. The molecule has 2 rings (SSSR count). The molecule has 0 saturated heterocycles. The Morgan fingerprint density at radius 2 is 1.90 bits per heavy atom.